The number of aromatic carboxylic acids is 1. The van der Waals surface area contributed by atoms with Gasteiger partial charge in [0.15, 0.2) is 0 Å². The number of aromatic nitrogens is 2. The maximum atomic E-state index is 11.0. The van der Waals surface area contributed by atoms with Crippen molar-refractivity contribution in [1.29, 1.82) is 0 Å². The number of imidazole rings is 1. The quantitative estimate of drug-likeness (QED) is 0.672. The van der Waals surface area contributed by atoms with Crippen molar-refractivity contribution in [3.05, 3.63) is 48.2 Å². The van der Waals surface area contributed by atoms with E-state index in [1.807, 2.05) is 34.9 Å². The highest BCUT2D eigenvalue weighted by molar-refractivity contribution is 6.02. The lowest BCUT2D eigenvalue weighted by atomic mass is 10.2. The van der Waals surface area contributed by atoms with E-state index in [0.29, 0.717) is 5.52 Å². The van der Waals surface area contributed by atoms with Crippen molar-refractivity contribution < 1.29 is 9.90 Å². The maximum absolute atomic E-state index is 11.0. The molecule has 2 aromatic heterocycles. The standard InChI is InChI=1S/C12H8N2O2/c15-12(16)8-4-3-5-9-11(8)13-10-6-1-2-7-14(9)10/h1-7H,(H,15,16). The number of pyridine rings is 1. The molecule has 0 aliphatic rings. The fourth-order valence-electron chi connectivity index (χ4n) is 1.86. The van der Waals surface area contributed by atoms with E-state index < -0.39 is 5.97 Å². The molecular formula is C12H8N2O2. The third-order valence-corrected chi connectivity index (χ3v) is 2.57. The van der Waals surface area contributed by atoms with Crippen molar-refractivity contribution in [2.75, 3.05) is 0 Å². The van der Waals surface area contributed by atoms with Gasteiger partial charge in [0.05, 0.1) is 11.1 Å². The highest BCUT2D eigenvalue weighted by Crippen LogP contribution is 2.19. The first-order valence-electron chi connectivity index (χ1n) is 4.86. The van der Waals surface area contributed by atoms with Crippen molar-refractivity contribution in [1.82, 2.24) is 9.38 Å². The van der Waals surface area contributed by atoms with Gasteiger partial charge in [-0.2, -0.15) is 0 Å². The molecule has 0 saturated heterocycles. The number of hydrogen-bond donors (Lipinski definition) is 1. The molecule has 1 N–H and O–H groups in total. The second kappa shape index (κ2) is 3.06. The molecule has 0 amide bonds. The van der Waals surface area contributed by atoms with Crippen molar-refractivity contribution in [2.24, 2.45) is 0 Å². The average molecular weight is 212 g/mol. The van der Waals surface area contributed by atoms with Gasteiger partial charge in [-0.25, -0.2) is 9.78 Å². The topological polar surface area (TPSA) is 54.6 Å². The molecule has 16 heavy (non-hydrogen) atoms. The lowest BCUT2D eigenvalue weighted by Gasteiger charge is -1.95. The van der Waals surface area contributed by atoms with Crippen LogP contribution in [0.25, 0.3) is 16.7 Å². The second-order valence-electron chi connectivity index (χ2n) is 3.52. The van der Waals surface area contributed by atoms with E-state index in [9.17, 15) is 4.79 Å². The maximum Gasteiger partial charge on any atom is 0.337 e. The third kappa shape index (κ3) is 1.10. The van der Waals surface area contributed by atoms with Crippen LogP contribution in [0.1, 0.15) is 10.4 Å². The molecule has 0 saturated carbocycles. The molecule has 4 heteroatoms. The van der Waals surface area contributed by atoms with Crippen molar-refractivity contribution in [2.45, 2.75) is 0 Å². The van der Waals surface area contributed by atoms with E-state index in [0.717, 1.165) is 11.2 Å². The van der Waals surface area contributed by atoms with Crippen LogP contribution in [-0.2, 0) is 0 Å². The van der Waals surface area contributed by atoms with Gasteiger partial charge < -0.3 is 5.11 Å². The molecule has 3 aromatic rings. The summed E-state index contributed by atoms with van der Waals surface area (Å²) in [4.78, 5) is 15.4. The van der Waals surface area contributed by atoms with Gasteiger partial charge in [-0.3, -0.25) is 4.40 Å². The van der Waals surface area contributed by atoms with Crippen LogP contribution in [0.15, 0.2) is 42.6 Å². The van der Waals surface area contributed by atoms with Crippen LogP contribution in [0.4, 0.5) is 0 Å². The summed E-state index contributed by atoms with van der Waals surface area (Å²) in [7, 11) is 0. The summed E-state index contributed by atoms with van der Waals surface area (Å²) in [6.45, 7) is 0. The predicted molar refractivity (Wildman–Crippen MR) is 59.7 cm³/mol. The Morgan fingerprint density at radius 3 is 2.88 bits per heavy atom. The van der Waals surface area contributed by atoms with Crippen molar-refractivity contribution in [3.8, 4) is 0 Å². The molecule has 0 radical (unpaired) electrons. The first-order chi connectivity index (χ1) is 7.77. The summed E-state index contributed by atoms with van der Waals surface area (Å²) in [6.07, 6.45) is 1.87. The van der Waals surface area contributed by atoms with Gasteiger partial charge in [0.2, 0.25) is 0 Å². The lowest BCUT2D eigenvalue weighted by molar-refractivity contribution is 0.0699. The molecule has 4 nitrogen and oxygen atoms in total. The zero-order valence-electron chi connectivity index (χ0n) is 8.29. The molecule has 0 bridgehead atoms. The summed E-state index contributed by atoms with van der Waals surface area (Å²) in [5, 5.41) is 9.06. The number of hydrogen-bond acceptors (Lipinski definition) is 2. The van der Waals surface area contributed by atoms with E-state index in [1.54, 1.807) is 12.1 Å². The second-order valence-corrected chi connectivity index (χ2v) is 3.52. The number of carboxylic acid groups (broad SMARTS) is 1. The van der Waals surface area contributed by atoms with E-state index in [1.165, 1.54) is 0 Å². The molecule has 0 unspecified atom stereocenters. The molecule has 0 aliphatic heterocycles. The van der Waals surface area contributed by atoms with E-state index >= 15 is 0 Å². The van der Waals surface area contributed by atoms with Crippen LogP contribution < -0.4 is 0 Å². The fraction of sp³-hybridized carbons (Fsp3) is 0. The molecule has 2 heterocycles. The van der Waals surface area contributed by atoms with E-state index in [4.69, 9.17) is 5.11 Å². The SMILES string of the molecule is O=C(O)c1cccc2c1nc1ccccn12. The van der Waals surface area contributed by atoms with E-state index in [-0.39, 0.29) is 5.56 Å². The summed E-state index contributed by atoms with van der Waals surface area (Å²) in [5.41, 5.74) is 2.34. The normalized spacial score (nSPS) is 11.0. The molecule has 1 aromatic carbocycles. The van der Waals surface area contributed by atoms with Gasteiger partial charge >= 0.3 is 5.97 Å². The van der Waals surface area contributed by atoms with Gasteiger partial charge in [0.25, 0.3) is 0 Å². The van der Waals surface area contributed by atoms with Crippen molar-refractivity contribution >= 4 is 22.6 Å². The van der Waals surface area contributed by atoms with Crippen molar-refractivity contribution in [3.63, 3.8) is 0 Å². The molecule has 0 aliphatic carbocycles. The van der Waals surface area contributed by atoms with Gasteiger partial charge in [-0.05, 0) is 24.3 Å². The molecule has 78 valence electrons. The van der Waals surface area contributed by atoms with E-state index in [2.05, 4.69) is 4.98 Å². The Kier molecular flexibility index (Phi) is 1.71. The van der Waals surface area contributed by atoms with Crippen LogP contribution in [-0.4, -0.2) is 20.5 Å². The molecule has 3 rings (SSSR count). The van der Waals surface area contributed by atoms with Crippen LogP contribution in [0.5, 0.6) is 0 Å². The Balaban J connectivity index is 2.54. The number of carboxylic acids is 1. The number of nitrogens with zero attached hydrogens (tertiary/aromatic N) is 2. The minimum Gasteiger partial charge on any atom is -0.478 e. The average Bonchev–Trinajstić information content (AvgIpc) is 2.67. The first-order valence-corrected chi connectivity index (χ1v) is 4.86. The molecule has 0 spiro atoms. The summed E-state index contributed by atoms with van der Waals surface area (Å²) in [6, 6.07) is 10.8. The summed E-state index contributed by atoms with van der Waals surface area (Å²) in [5.74, 6) is -0.950. The Hall–Kier alpha value is -2.36. The highest BCUT2D eigenvalue weighted by atomic mass is 16.4. The van der Waals surface area contributed by atoms with Crippen LogP contribution in [0.3, 0.4) is 0 Å². The zero-order chi connectivity index (χ0) is 11.1. The van der Waals surface area contributed by atoms with Gasteiger partial charge in [-0.1, -0.05) is 12.1 Å². The third-order valence-electron chi connectivity index (χ3n) is 2.57. The number of rotatable bonds is 1. The van der Waals surface area contributed by atoms with Crippen LogP contribution >= 0.6 is 0 Å². The number of carbonyl (C=O) groups is 1. The lowest BCUT2D eigenvalue weighted by Crippen LogP contribution is -1.96. The Morgan fingerprint density at radius 1 is 1.19 bits per heavy atom. The Bertz CT molecular complexity index is 700. The largest absolute Gasteiger partial charge is 0.478 e. The highest BCUT2D eigenvalue weighted by Gasteiger charge is 2.12. The van der Waals surface area contributed by atoms with Gasteiger partial charge in [-0.15, -0.1) is 0 Å². The molecular weight excluding hydrogens is 204 g/mol. The minimum absolute atomic E-state index is 0.237. The summed E-state index contributed by atoms with van der Waals surface area (Å²) >= 11 is 0. The number of para-hydroxylation sites is 1. The number of benzene rings is 1. The van der Waals surface area contributed by atoms with Crippen LogP contribution in [0.2, 0.25) is 0 Å². The fourth-order valence-corrected chi connectivity index (χ4v) is 1.86. The molecule has 0 fully saturated rings. The van der Waals surface area contributed by atoms with Gasteiger partial charge in [0, 0.05) is 6.20 Å². The Morgan fingerprint density at radius 2 is 2.06 bits per heavy atom. The van der Waals surface area contributed by atoms with Crippen LogP contribution in [0, 0.1) is 0 Å². The summed E-state index contributed by atoms with van der Waals surface area (Å²) < 4.78 is 1.88. The number of fused-ring (bicyclic) bond motifs is 3. The van der Waals surface area contributed by atoms with Gasteiger partial charge in [0.1, 0.15) is 11.2 Å². The first kappa shape index (κ1) is 8.91. The predicted octanol–water partition coefficient (Wildman–Crippen LogP) is 2.19. The minimum atomic E-state index is -0.950. The smallest absolute Gasteiger partial charge is 0.337 e. The Labute approximate surface area is 90.8 Å². The zero-order valence-corrected chi connectivity index (χ0v) is 8.29. The monoisotopic (exact) mass is 212 g/mol. The molecule has 0 atom stereocenters.